The summed E-state index contributed by atoms with van der Waals surface area (Å²) in [6.45, 7) is 1.95. The van der Waals surface area contributed by atoms with Gasteiger partial charge in [-0.2, -0.15) is 17.9 Å². The number of aliphatic hydroxyl groups excluding tert-OH is 1. The fourth-order valence-electron chi connectivity index (χ4n) is 3.74. The van der Waals surface area contributed by atoms with E-state index >= 15 is 0 Å². The number of amides is 1. The maximum atomic E-state index is 13.3. The molecule has 0 saturated heterocycles. The molecule has 1 atom stereocenters. The van der Waals surface area contributed by atoms with Gasteiger partial charge in [-0.05, 0) is 50.2 Å². The van der Waals surface area contributed by atoms with Crippen molar-refractivity contribution in [2.45, 2.75) is 44.8 Å². The zero-order valence-corrected chi connectivity index (χ0v) is 23.4. The van der Waals surface area contributed by atoms with Crippen LogP contribution in [0, 0.1) is 0 Å². The number of hydrogen-bond donors (Lipinski definition) is 3. The Labute approximate surface area is 241 Å². The van der Waals surface area contributed by atoms with Gasteiger partial charge in [0.05, 0.1) is 13.7 Å². The van der Waals surface area contributed by atoms with E-state index in [9.17, 15) is 27.9 Å². The summed E-state index contributed by atoms with van der Waals surface area (Å²) in [6.07, 6.45) is -6.38. The minimum absolute atomic E-state index is 0.0865. The summed E-state index contributed by atoms with van der Waals surface area (Å²) >= 11 is 5.93. The second-order valence-corrected chi connectivity index (χ2v) is 10.3. The predicted molar refractivity (Wildman–Crippen MR) is 144 cm³/mol. The van der Waals surface area contributed by atoms with Crippen LogP contribution in [-0.2, 0) is 13.1 Å². The van der Waals surface area contributed by atoms with Gasteiger partial charge >= 0.3 is 11.9 Å². The Morgan fingerprint density at radius 1 is 1.19 bits per heavy atom. The van der Waals surface area contributed by atoms with E-state index in [0.717, 1.165) is 9.36 Å². The van der Waals surface area contributed by atoms with Crippen LogP contribution in [0.15, 0.2) is 47.4 Å². The summed E-state index contributed by atoms with van der Waals surface area (Å²) in [6, 6.07) is 9.07. The summed E-state index contributed by atoms with van der Waals surface area (Å²) in [4.78, 5) is 34.9. The van der Waals surface area contributed by atoms with E-state index in [4.69, 9.17) is 22.1 Å². The van der Waals surface area contributed by atoms with Crippen LogP contribution in [0.25, 0.3) is 17.2 Å². The van der Waals surface area contributed by atoms with Gasteiger partial charge in [-0.25, -0.2) is 19.4 Å². The lowest BCUT2D eigenvalue weighted by Crippen LogP contribution is -2.45. The maximum Gasteiger partial charge on any atom is 0.416 e. The predicted octanol–water partition coefficient (Wildman–Crippen LogP) is 1.79. The molecular weight excluding hydrogens is 583 g/mol. The lowest BCUT2D eigenvalue weighted by atomic mass is 10.1. The fourth-order valence-corrected chi connectivity index (χ4v) is 3.86. The summed E-state index contributed by atoms with van der Waals surface area (Å²) in [5.74, 6) is -0.754. The highest BCUT2D eigenvalue weighted by molar-refractivity contribution is 6.30. The number of alkyl halides is 3. The van der Waals surface area contributed by atoms with Gasteiger partial charge in [0.1, 0.15) is 6.54 Å². The van der Waals surface area contributed by atoms with Crippen molar-refractivity contribution in [3.63, 3.8) is 0 Å². The lowest BCUT2D eigenvalue weighted by molar-refractivity contribution is -0.207. The molecule has 0 radical (unpaired) electrons. The topological polar surface area (TPSA) is 168 Å². The molecule has 3 aromatic heterocycles. The van der Waals surface area contributed by atoms with Gasteiger partial charge in [-0.3, -0.25) is 9.36 Å². The molecule has 0 aliphatic rings. The Kier molecular flexibility index (Phi) is 8.70. The van der Waals surface area contributed by atoms with Gasteiger partial charge in [0.2, 0.25) is 5.82 Å². The van der Waals surface area contributed by atoms with E-state index in [0.29, 0.717) is 9.59 Å². The summed E-state index contributed by atoms with van der Waals surface area (Å²) < 4.78 is 47.6. The third kappa shape index (κ3) is 6.95. The van der Waals surface area contributed by atoms with Crippen LogP contribution in [0.3, 0.4) is 0 Å². The molecule has 0 aliphatic carbocycles. The molecule has 4 aromatic rings. The Bertz CT molecular complexity index is 1630. The number of benzene rings is 1. The minimum atomic E-state index is -4.98. The first-order chi connectivity index (χ1) is 19.7. The molecule has 3 heterocycles. The van der Waals surface area contributed by atoms with Gasteiger partial charge in [-0.15, -0.1) is 10.2 Å². The minimum Gasteiger partial charge on any atom is -0.493 e. The van der Waals surface area contributed by atoms with Gasteiger partial charge in [0.15, 0.2) is 29.3 Å². The lowest BCUT2D eigenvalue weighted by Gasteiger charge is -2.18. The van der Waals surface area contributed by atoms with E-state index in [1.807, 2.05) is 0 Å². The smallest absolute Gasteiger partial charge is 0.416 e. The van der Waals surface area contributed by atoms with E-state index in [1.165, 1.54) is 37.6 Å². The highest BCUT2D eigenvalue weighted by Gasteiger charge is 2.39. The molecule has 4 N–H and O–H groups in total. The zero-order chi connectivity index (χ0) is 30.8. The highest BCUT2D eigenvalue weighted by Crippen LogP contribution is 2.24. The molecule has 0 aliphatic heterocycles. The van der Waals surface area contributed by atoms with Crippen LogP contribution in [-0.4, -0.2) is 76.6 Å². The molecule has 1 amide bonds. The van der Waals surface area contributed by atoms with Gasteiger partial charge in [0.25, 0.3) is 5.91 Å². The molecule has 42 heavy (non-hydrogen) atoms. The summed E-state index contributed by atoms with van der Waals surface area (Å²) in [5.41, 5.74) is 4.52. The Morgan fingerprint density at radius 2 is 1.88 bits per heavy atom. The van der Waals surface area contributed by atoms with E-state index in [-0.39, 0.29) is 41.1 Å². The number of halogens is 4. The van der Waals surface area contributed by atoms with E-state index < -0.39 is 42.5 Å². The van der Waals surface area contributed by atoms with Crippen molar-refractivity contribution in [2.75, 3.05) is 13.7 Å². The normalized spacial score (nSPS) is 12.8. The summed E-state index contributed by atoms with van der Waals surface area (Å²) in [5, 5.41) is 21.3. The second-order valence-electron chi connectivity index (χ2n) is 9.90. The van der Waals surface area contributed by atoms with Crippen molar-refractivity contribution in [3.8, 4) is 23.0 Å². The first-order valence-corrected chi connectivity index (χ1v) is 12.8. The Morgan fingerprint density at radius 3 is 2.50 bits per heavy atom. The van der Waals surface area contributed by atoms with Crippen LogP contribution < -0.4 is 21.5 Å². The average Bonchev–Trinajstić information content (AvgIpc) is 3.48. The number of rotatable bonds is 10. The van der Waals surface area contributed by atoms with Gasteiger partial charge in [-0.1, -0.05) is 11.6 Å². The molecule has 4 rings (SSSR count). The Balaban J connectivity index is 1.79. The van der Waals surface area contributed by atoms with Crippen molar-refractivity contribution in [1.82, 2.24) is 39.4 Å². The monoisotopic (exact) mass is 609 g/mol. The van der Waals surface area contributed by atoms with E-state index in [1.54, 1.807) is 26.0 Å². The van der Waals surface area contributed by atoms with Crippen LogP contribution in [0.5, 0.6) is 5.75 Å². The molecule has 13 nitrogen and oxygen atoms in total. The first kappa shape index (κ1) is 30.7. The molecule has 224 valence electrons. The molecule has 1 aromatic carbocycles. The number of carbonyl (C=O) groups excluding carboxylic acids is 1. The molecule has 0 bridgehead atoms. The van der Waals surface area contributed by atoms with Crippen molar-refractivity contribution < 1.29 is 27.8 Å². The van der Waals surface area contributed by atoms with Gasteiger partial charge in [0, 0.05) is 28.9 Å². The number of methoxy groups -OCH3 is 1. The zero-order valence-electron chi connectivity index (χ0n) is 22.6. The second kappa shape index (κ2) is 11.9. The Hall–Kier alpha value is -4.28. The number of aliphatic hydroxyl groups is 1. The number of ether oxygens (including phenoxy) is 1. The molecule has 0 spiro atoms. The van der Waals surface area contributed by atoms with Crippen molar-refractivity contribution in [2.24, 2.45) is 5.73 Å². The van der Waals surface area contributed by atoms with Crippen LogP contribution >= 0.6 is 11.6 Å². The van der Waals surface area contributed by atoms with Crippen LogP contribution in [0.1, 0.15) is 30.3 Å². The van der Waals surface area contributed by atoms with Crippen LogP contribution in [0.2, 0.25) is 5.02 Å². The van der Waals surface area contributed by atoms with Gasteiger partial charge < -0.3 is 20.9 Å². The fraction of sp³-hybridized carbons (Fsp3) is 0.360. The van der Waals surface area contributed by atoms with Crippen LogP contribution in [0.4, 0.5) is 13.2 Å². The third-order valence-electron chi connectivity index (χ3n) is 5.78. The number of nitrogens with two attached hydrogens (primary N) is 1. The molecule has 17 heteroatoms. The summed E-state index contributed by atoms with van der Waals surface area (Å²) in [7, 11) is 1.40. The van der Waals surface area contributed by atoms with E-state index in [2.05, 4.69) is 25.5 Å². The molecule has 0 unspecified atom stereocenters. The number of hydrogen-bond acceptors (Lipinski definition) is 9. The maximum absolute atomic E-state index is 13.3. The quantitative estimate of drug-likeness (QED) is 0.243. The van der Waals surface area contributed by atoms with Crippen molar-refractivity contribution in [3.05, 3.63) is 69.8 Å². The largest absolute Gasteiger partial charge is 0.493 e. The van der Waals surface area contributed by atoms with Crippen molar-refractivity contribution >= 4 is 17.5 Å². The number of aromatic nitrogens is 7. The molecular formula is C25H27ClF3N9O4. The average molecular weight is 610 g/mol. The SMILES string of the molecule is COc1cccnc1-n1nc(Cn2nc(-c3ccc(Cl)cc3)n(C[C@H](O)C(F)(F)F)c2=O)nc1C(=O)NCC(C)(C)N. The standard InChI is InChI=1S/C25H27ClF3N9O4/c1-24(2,30)13-32-22(40)21-33-18(34-38(21)20-16(42-3)5-4-10-31-20)12-37-23(41)36(11-17(39)25(27,28)29)19(35-37)14-6-8-15(26)9-7-14/h4-10,17,39H,11-13,30H2,1-3H3,(H,32,40)/t17-/m0/s1. The molecule has 0 saturated carbocycles. The number of carbonyl (C=O) groups is 1. The first-order valence-electron chi connectivity index (χ1n) is 12.4. The van der Waals surface area contributed by atoms with Crippen molar-refractivity contribution in [1.29, 1.82) is 0 Å². The number of nitrogens with one attached hydrogen (secondary N) is 1. The molecule has 0 fully saturated rings. The number of nitrogens with zero attached hydrogens (tertiary/aromatic N) is 7. The highest BCUT2D eigenvalue weighted by atomic mass is 35.5. The third-order valence-corrected chi connectivity index (χ3v) is 6.03. The number of pyridine rings is 1.